The van der Waals surface area contributed by atoms with Crippen LogP contribution in [-0.4, -0.2) is 22.1 Å². The smallest absolute Gasteiger partial charge is 0.348 e. The van der Waals surface area contributed by atoms with Gasteiger partial charge in [-0.3, -0.25) is 0 Å². The highest BCUT2D eigenvalue weighted by Crippen LogP contribution is 2.34. The highest BCUT2D eigenvalue weighted by molar-refractivity contribution is 7.20. The van der Waals surface area contributed by atoms with Crippen molar-refractivity contribution in [1.29, 1.82) is 0 Å². The largest absolute Gasteiger partial charge is 0.462 e. The van der Waals surface area contributed by atoms with Gasteiger partial charge in [-0.25, -0.2) is 9.78 Å². The van der Waals surface area contributed by atoms with E-state index in [9.17, 15) is 4.79 Å². The summed E-state index contributed by atoms with van der Waals surface area (Å²) in [6, 6.07) is 10.0. The second-order valence-corrected chi connectivity index (χ2v) is 5.79. The van der Waals surface area contributed by atoms with Crippen LogP contribution in [0.15, 0.2) is 30.3 Å². The molecule has 3 rings (SSSR count). The maximum atomic E-state index is 12.0. The molecule has 0 amide bonds. The van der Waals surface area contributed by atoms with Gasteiger partial charge in [0, 0.05) is 18.2 Å². The average molecular weight is 300 g/mol. The Labute approximate surface area is 127 Å². The molecule has 1 aromatic carbocycles. The number of carbonyl (C=O) groups excluding carboxylic acids is 1. The van der Waals surface area contributed by atoms with E-state index < -0.39 is 0 Å². The lowest BCUT2D eigenvalue weighted by atomic mass is 10.2. The number of esters is 1. The summed E-state index contributed by atoms with van der Waals surface area (Å²) in [7, 11) is 1.98. The Bertz CT molecular complexity index is 803. The first kappa shape index (κ1) is 13.8. The minimum atomic E-state index is -0.265. The predicted octanol–water partition coefficient (Wildman–Crippen LogP) is 3.79. The zero-order valence-electron chi connectivity index (χ0n) is 12.2. The molecule has 0 aliphatic carbocycles. The number of nitrogens with zero attached hydrogens (tertiary/aromatic N) is 2. The molecule has 0 N–H and O–H groups in total. The number of hydrogen-bond donors (Lipinski definition) is 0. The van der Waals surface area contributed by atoms with Gasteiger partial charge in [-0.15, -0.1) is 11.3 Å². The van der Waals surface area contributed by atoms with E-state index in [1.54, 1.807) is 0 Å². The zero-order valence-corrected chi connectivity index (χ0v) is 13.0. The highest BCUT2D eigenvalue weighted by atomic mass is 32.1. The topological polar surface area (TPSA) is 44.1 Å². The Morgan fingerprint density at radius 3 is 2.67 bits per heavy atom. The molecule has 0 aliphatic heterocycles. The molecule has 0 aliphatic rings. The van der Waals surface area contributed by atoms with Crippen molar-refractivity contribution < 1.29 is 9.53 Å². The molecule has 0 spiro atoms. The van der Waals surface area contributed by atoms with E-state index in [1.807, 2.05) is 55.8 Å². The molecule has 5 heteroatoms. The van der Waals surface area contributed by atoms with Crippen LogP contribution in [0, 0.1) is 6.92 Å². The maximum absolute atomic E-state index is 12.0. The minimum Gasteiger partial charge on any atom is -0.462 e. The normalized spacial score (nSPS) is 11.0. The van der Waals surface area contributed by atoms with Crippen molar-refractivity contribution in [3.63, 3.8) is 0 Å². The summed E-state index contributed by atoms with van der Waals surface area (Å²) in [5.74, 6) is 0.648. The lowest BCUT2D eigenvalue weighted by Crippen LogP contribution is -2.04. The summed E-state index contributed by atoms with van der Waals surface area (Å²) in [5.41, 5.74) is 3.01. The fraction of sp³-hybridized carbons (Fsp3) is 0.250. The minimum absolute atomic E-state index is 0.265. The maximum Gasteiger partial charge on any atom is 0.348 e. The number of ether oxygens (including phenoxy) is 1. The van der Waals surface area contributed by atoms with Gasteiger partial charge in [0.05, 0.1) is 12.1 Å². The zero-order chi connectivity index (χ0) is 15.0. The van der Waals surface area contributed by atoms with E-state index in [0.717, 1.165) is 27.3 Å². The van der Waals surface area contributed by atoms with E-state index in [2.05, 4.69) is 4.98 Å². The van der Waals surface area contributed by atoms with Crippen LogP contribution in [0.1, 0.15) is 22.2 Å². The Kier molecular flexibility index (Phi) is 3.51. The Morgan fingerprint density at radius 1 is 1.33 bits per heavy atom. The molecule has 0 saturated carbocycles. The van der Waals surface area contributed by atoms with Crippen molar-refractivity contribution in [2.75, 3.05) is 6.61 Å². The van der Waals surface area contributed by atoms with Crippen molar-refractivity contribution in [3.8, 4) is 11.4 Å². The molecule has 0 radical (unpaired) electrons. The Morgan fingerprint density at radius 2 is 2.05 bits per heavy atom. The van der Waals surface area contributed by atoms with E-state index in [0.29, 0.717) is 11.5 Å². The van der Waals surface area contributed by atoms with Crippen molar-refractivity contribution in [3.05, 3.63) is 40.8 Å². The van der Waals surface area contributed by atoms with Gasteiger partial charge >= 0.3 is 5.97 Å². The molecule has 2 heterocycles. The molecule has 4 nitrogen and oxygen atoms in total. The van der Waals surface area contributed by atoms with Crippen LogP contribution in [0.25, 0.3) is 21.7 Å². The lowest BCUT2D eigenvalue weighted by Gasteiger charge is -2.04. The SMILES string of the molecule is CCOC(=O)c1sc2nc(-c3ccccc3)n(C)c2c1C. The molecule has 21 heavy (non-hydrogen) atoms. The molecule has 0 unspecified atom stereocenters. The van der Waals surface area contributed by atoms with Gasteiger partial charge in [-0.1, -0.05) is 30.3 Å². The number of imidazole rings is 1. The third-order valence-corrected chi connectivity index (χ3v) is 4.61. The van der Waals surface area contributed by atoms with Crippen molar-refractivity contribution in [1.82, 2.24) is 9.55 Å². The van der Waals surface area contributed by atoms with Crippen LogP contribution in [0.2, 0.25) is 0 Å². The number of hydrogen-bond acceptors (Lipinski definition) is 4. The van der Waals surface area contributed by atoms with E-state index >= 15 is 0 Å². The van der Waals surface area contributed by atoms with Crippen LogP contribution < -0.4 is 0 Å². The van der Waals surface area contributed by atoms with E-state index in [-0.39, 0.29) is 5.97 Å². The number of thiophene rings is 1. The van der Waals surface area contributed by atoms with Crippen molar-refractivity contribution in [2.24, 2.45) is 7.05 Å². The number of benzene rings is 1. The molecule has 2 aromatic heterocycles. The van der Waals surface area contributed by atoms with Gasteiger partial charge in [0.1, 0.15) is 15.5 Å². The van der Waals surface area contributed by atoms with Gasteiger partial charge in [0.25, 0.3) is 0 Å². The molecule has 0 bridgehead atoms. The third-order valence-electron chi connectivity index (χ3n) is 3.45. The standard InChI is InChI=1S/C16H16N2O2S/c1-4-20-16(19)13-10(2)12-15(21-13)17-14(18(12)3)11-8-6-5-7-9-11/h5-9H,4H2,1-3H3. The molecular weight excluding hydrogens is 284 g/mol. The van der Waals surface area contributed by atoms with E-state index in [4.69, 9.17) is 4.74 Å². The second kappa shape index (κ2) is 5.33. The summed E-state index contributed by atoms with van der Waals surface area (Å²) < 4.78 is 7.14. The summed E-state index contributed by atoms with van der Waals surface area (Å²) in [4.78, 5) is 18.1. The summed E-state index contributed by atoms with van der Waals surface area (Å²) in [5, 5.41) is 0. The van der Waals surface area contributed by atoms with Gasteiger partial charge in [0.15, 0.2) is 0 Å². The van der Waals surface area contributed by atoms with Crippen molar-refractivity contribution in [2.45, 2.75) is 13.8 Å². The van der Waals surface area contributed by atoms with Crippen molar-refractivity contribution >= 4 is 27.7 Å². The Balaban J connectivity index is 2.14. The number of carbonyl (C=O) groups is 1. The summed E-state index contributed by atoms with van der Waals surface area (Å²) >= 11 is 1.40. The number of rotatable bonds is 3. The predicted molar refractivity (Wildman–Crippen MR) is 84.7 cm³/mol. The van der Waals surface area contributed by atoms with Crippen LogP contribution in [0.4, 0.5) is 0 Å². The lowest BCUT2D eigenvalue weighted by molar-refractivity contribution is 0.0531. The van der Waals surface area contributed by atoms with Crippen LogP contribution >= 0.6 is 11.3 Å². The quantitative estimate of drug-likeness (QED) is 0.691. The first-order valence-electron chi connectivity index (χ1n) is 6.81. The molecular formula is C16H16N2O2S. The van der Waals surface area contributed by atoms with Gasteiger partial charge < -0.3 is 9.30 Å². The summed E-state index contributed by atoms with van der Waals surface area (Å²) in [6.45, 7) is 4.14. The molecule has 0 saturated heterocycles. The number of aromatic nitrogens is 2. The van der Waals surface area contributed by atoms with Crippen LogP contribution in [0.3, 0.4) is 0 Å². The fourth-order valence-electron chi connectivity index (χ4n) is 2.47. The monoisotopic (exact) mass is 300 g/mol. The average Bonchev–Trinajstić information content (AvgIpc) is 2.98. The molecule has 0 atom stereocenters. The van der Waals surface area contributed by atoms with Gasteiger partial charge in [-0.2, -0.15) is 0 Å². The fourth-order valence-corrected chi connectivity index (χ4v) is 3.58. The number of aryl methyl sites for hydroxylation is 2. The Hall–Kier alpha value is -2.14. The van der Waals surface area contributed by atoms with Crippen LogP contribution in [0.5, 0.6) is 0 Å². The molecule has 108 valence electrons. The second-order valence-electron chi connectivity index (χ2n) is 4.79. The summed E-state index contributed by atoms with van der Waals surface area (Å²) in [6.07, 6.45) is 0. The first-order chi connectivity index (χ1) is 10.1. The van der Waals surface area contributed by atoms with Gasteiger partial charge in [-0.05, 0) is 13.8 Å². The first-order valence-corrected chi connectivity index (χ1v) is 7.63. The van der Waals surface area contributed by atoms with Crippen LogP contribution in [-0.2, 0) is 11.8 Å². The number of fused-ring (bicyclic) bond motifs is 1. The van der Waals surface area contributed by atoms with Gasteiger partial charge in [0.2, 0.25) is 0 Å². The highest BCUT2D eigenvalue weighted by Gasteiger charge is 2.21. The third kappa shape index (κ3) is 2.23. The van der Waals surface area contributed by atoms with E-state index in [1.165, 1.54) is 11.3 Å². The molecule has 0 fully saturated rings. The molecule has 3 aromatic rings.